The number of nitrogens with one attached hydrogen (secondary N) is 1. The third-order valence-corrected chi connectivity index (χ3v) is 6.57. The second-order valence-electron chi connectivity index (χ2n) is 8.64. The molecule has 3 aromatic rings. The molecule has 0 radical (unpaired) electrons. The normalized spacial score (nSPS) is 19.8. The second-order valence-corrected chi connectivity index (χ2v) is 8.64. The molecule has 2 aliphatic rings. The molecule has 0 aliphatic carbocycles. The standard InChI is InChI=1S/C23H23F3N6O/c24-23(25,26)17-10-16(13-28-20(17)27)18-11-19-22(7-9-32(19)30-18)6-8-31(14-22)21(33)29-12-15-4-2-1-3-5-15/h1-5,10-11,13H,6-9,12,14H2,(H2,27,28)(H,29,33). The first-order valence-corrected chi connectivity index (χ1v) is 10.7. The summed E-state index contributed by atoms with van der Waals surface area (Å²) < 4.78 is 41.6. The van der Waals surface area contributed by atoms with E-state index in [0.717, 1.165) is 30.2 Å². The van der Waals surface area contributed by atoms with Gasteiger partial charge in [-0.2, -0.15) is 18.3 Å². The van der Waals surface area contributed by atoms with Crippen molar-refractivity contribution < 1.29 is 18.0 Å². The average molecular weight is 456 g/mol. The van der Waals surface area contributed by atoms with E-state index in [2.05, 4.69) is 15.4 Å². The molecule has 1 spiro atoms. The maximum absolute atomic E-state index is 13.2. The van der Waals surface area contributed by atoms with Crippen LogP contribution in [0.3, 0.4) is 0 Å². The lowest BCUT2D eigenvalue weighted by molar-refractivity contribution is -0.137. The molecule has 172 valence electrons. The Morgan fingerprint density at radius 1 is 1.15 bits per heavy atom. The number of pyridine rings is 1. The highest BCUT2D eigenvalue weighted by Gasteiger charge is 2.47. The Morgan fingerprint density at radius 3 is 2.67 bits per heavy atom. The van der Waals surface area contributed by atoms with Crippen molar-refractivity contribution >= 4 is 11.8 Å². The van der Waals surface area contributed by atoms with Crippen LogP contribution in [0.5, 0.6) is 0 Å². The monoisotopic (exact) mass is 456 g/mol. The second kappa shape index (κ2) is 7.79. The summed E-state index contributed by atoms with van der Waals surface area (Å²) in [6, 6.07) is 12.4. The Balaban J connectivity index is 1.33. The summed E-state index contributed by atoms with van der Waals surface area (Å²) >= 11 is 0. The highest BCUT2D eigenvalue weighted by molar-refractivity contribution is 5.75. The number of fused-ring (bicyclic) bond motifs is 2. The number of rotatable bonds is 3. The first-order chi connectivity index (χ1) is 15.7. The van der Waals surface area contributed by atoms with Gasteiger partial charge in [0.25, 0.3) is 0 Å². The van der Waals surface area contributed by atoms with Crippen LogP contribution in [0.4, 0.5) is 23.8 Å². The SMILES string of the molecule is Nc1ncc(-c2cc3n(n2)CCC32CCN(C(=O)NCc3ccccc3)C2)cc1C(F)(F)F. The number of nitrogen functional groups attached to an aromatic ring is 1. The molecule has 1 aromatic carbocycles. The zero-order chi connectivity index (χ0) is 23.2. The zero-order valence-electron chi connectivity index (χ0n) is 17.8. The van der Waals surface area contributed by atoms with Crippen LogP contribution in [-0.4, -0.2) is 38.8 Å². The van der Waals surface area contributed by atoms with Crippen molar-refractivity contribution in [2.45, 2.75) is 37.5 Å². The van der Waals surface area contributed by atoms with Gasteiger partial charge in [0.05, 0.1) is 11.3 Å². The third kappa shape index (κ3) is 3.90. The van der Waals surface area contributed by atoms with Gasteiger partial charge in [-0.05, 0) is 30.5 Å². The Bertz CT molecular complexity index is 1190. The number of benzene rings is 1. The molecular weight excluding hydrogens is 433 g/mol. The number of aryl methyl sites for hydroxylation is 1. The number of nitrogens with two attached hydrogens (primary N) is 1. The van der Waals surface area contributed by atoms with Crippen molar-refractivity contribution in [3.63, 3.8) is 0 Å². The highest BCUT2D eigenvalue weighted by Crippen LogP contribution is 2.44. The topological polar surface area (TPSA) is 89.1 Å². The van der Waals surface area contributed by atoms with Crippen molar-refractivity contribution in [3.8, 4) is 11.3 Å². The highest BCUT2D eigenvalue weighted by atomic mass is 19.4. The number of likely N-dealkylation sites (tertiary alicyclic amines) is 1. The first-order valence-electron chi connectivity index (χ1n) is 10.7. The van der Waals surface area contributed by atoms with Crippen LogP contribution >= 0.6 is 0 Å². The van der Waals surface area contributed by atoms with Crippen molar-refractivity contribution in [2.75, 3.05) is 18.8 Å². The fourth-order valence-corrected chi connectivity index (χ4v) is 4.79. The maximum Gasteiger partial charge on any atom is 0.419 e. The van der Waals surface area contributed by atoms with E-state index in [1.165, 1.54) is 6.20 Å². The minimum absolute atomic E-state index is 0.119. The summed E-state index contributed by atoms with van der Waals surface area (Å²) in [4.78, 5) is 18.3. The van der Waals surface area contributed by atoms with Crippen LogP contribution in [0, 0.1) is 0 Å². The van der Waals surface area contributed by atoms with Gasteiger partial charge < -0.3 is 16.0 Å². The Hall–Kier alpha value is -3.56. The van der Waals surface area contributed by atoms with Crippen LogP contribution in [0.2, 0.25) is 0 Å². The van der Waals surface area contributed by atoms with E-state index in [1.807, 2.05) is 41.1 Å². The molecule has 2 aromatic heterocycles. The van der Waals surface area contributed by atoms with Gasteiger partial charge in [-0.1, -0.05) is 30.3 Å². The summed E-state index contributed by atoms with van der Waals surface area (Å²) in [5.41, 5.74) is 6.88. The molecule has 0 bridgehead atoms. The largest absolute Gasteiger partial charge is 0.419 e. The predicted octanol–water partition coefficient (Wildman–Crippen LogP) is 3.80. The number of amides is 2. The fourth-order valence-electron chi connectivity index (χ4n) is 4.79. The quantitative estimate of drug-likeness (QED) is 0.628. The summed E-state index contributed by atoms with van der Waals surface area (Å²) in [5, 5.41) is 7.49. The van der Waals surface area contributed by atoms with Gasteiger partial charge in [-0.25, -0.2) is 9.78 Å². The van der Waals surface area contributed by atoms with Crippen LogP contribution in [0.15, 0.2) is 48.7 Å². The van der Waals surface area contributed by atoms with E-state index in [0.29, 0.717) is 31.9 Å². The van der Waals surface area contributed by atoms with Crippen LogP contribution in [0.1, 0.15) is 29.7 Å². The van der Waals surface area contributed by atoms with E-state index in [1.54, 1.807) is 4.90 Å². The molecule has 5 rings (SSSR count). The van der Waals surface area contributed by atoms with Crippen molar-refractivity contribution in [1.82, 2.24) is 25.0 Å². The molecule has 2 amide bonds. The lowest BCUT2D eigenvalue weighted by Crippen LogP contribution is -2.40. The van der Waals surface area contributed by atoms with Crippen LogP contribution in [0.25, 0.3) is 11.3 Å². The van der Waals surface area contributed by atoms with Gasteiger partial charge in [-0.3, -0.25) is 4.68 Å². The van der Waals surface area contributed by atoms with E-state index < -0.39 is 17.6 Å². The molecule has 4 heterocycles. The number of aromatic nitrogens is 3. The number of carbonyl (C=O) groups is 1. The van der Waals surface area contributed by atoms with Gasteiger partial charge in [0.15, 0.2) is 0 Å². The number of hydrogen-bond donors (Lipinski definition) is 2. The molecule has 3 N–H and O–H groups in total. The summed E-state index contributed by atoms with van der Waals surface area (Å²) in [5.74, 6) is -0.553. The molecular formula is C23H23F3N6O. The molecule has 2 aliphatic heterocycles. The fraction of sp³-hybridized carbons (Fsp3) is 0.348. The number of anilines is 1. The molecule has 1 fully saturated rings. The molecule has 7 nitrogen and oxygen atoms in total. The van der Waals surface area contributed by atoms with Gasteiger partial charge in [0, 0.05) is 49.0 Å². The molecule has 33 heavy (non-hydrogen) atoms. The van der Waals surface area contributed by atoms with Crippen molar-refractivity contribution in [3.05, 3.63) is 65.5 Å². The summed E-state index contributed by atoms with van der Waals surface area (Å²) in [6.45, 7) is 2.27. The van der Waals surface area contributed by atoms with Crippen molar-refractivity contribution in [2.24, 2.45) is 0 Å². The zero-order valence-corrected chi connectivity index (χ0v) is 17.8. The summed E-state index contributed by atoms with van der Waals surface area (Å²) in [7, 11) is 0. The Kier molecular flexibility index (Phi) is 5.02. The summed E-state index contributed by atoms with van der Waals surface area (Å²) in [6.07, 6.45) is -1.65. The predicted molar refractivity (Wildman–Crippen MR) is 116 cm³/mol. The van der Waals surface area contributed by atoms with E-state index in [9.17, 15) is 18.0 Å². The molecule has 1 unspecified atom stereocenters. The lowest BCUT2D eigenvalue weighted by Gasteiger charge is -2.23. The third-order valence-electron chi connectivity index (χ3n) is 6.57. The maximum atomic E-state index is 13.2. The van der Waals surface area contributed by atoms with Gasteiger partial charge >= 0.3 is 12.2 Å². The number of carbonyl (C=O) groups excluding carboxylic acids is 1. The molecule has 1 saturated heterocycles. The van der Waals surface area contributed by atoms with E-state index in [-0.39, 0.29) is 17.0 Å². The molecule has 10 heteroatoms. The average Bonchev–Trinajstić information content (AvgIpc) is 3.49. The minimum atomic E-state index is -4.59. The lowest BCUT2D eigenvalue weighted by atomic mass is 9.82. The minimum Gasteiger partial charge on any atom is -0.383 e. The number of hydrogen-bond acceptors (Lipinski definition) is 4. The number of halogens is 3. The van der Waals surface area contributed by atoms with Crippen LogP contribution < -0.4 is 11.1 Å². The Labute approximate surface area is 188 Å². The van der Waals surface area contributed by atoms with E-state index in [4.69, 9.17) is 5.73 Å². The van der Waals surface area contributed by atoms with Crippen LogP contribution in [-0.2, 0) is 24.7 Å². The van der Waals surface area contributed by atoms with Gasteiger partial charge in [0.1, 0.15) is 5.82 Å². The van der Waals surface area contributed by atoms with Crippen molar-refractivity contribution in [1.29, 1.82) is 0 Å². The number of nitrogens with zero attached hydrogens (tertiary/aromatic N) is 4. The van der Waals surface area contributed by atoms with Gasteiger partial charge in [0.2, 0.25) is 0 Å². The number of urea groups is 1. The van der Waals surface area contributed by atoms with Gasteiger partial charge in [-0.15, -0.1) is 0 Å². The first kappa shape index (κ1) is 21.3. The molecule has 0 saturated carbocycles. The smallest absolute Gasteiger partial charge is 0.383 e. The number of alkyl halides is 3. The Morgan fingerprint density at radius 2 is 1.91 bits per heavy atom. The molecule has 1 atom stereocenters. The van der Waals surface area contributed by atoms with E-state index >= 15 is 0 Å².